The van der Waals surface area contributed by atoms with Gasteiger partial charge in [0.25, 0.3) is 5.91 Å². The number of amides is 3. The van der Waals surface area contributed by atoms with Crippen LogP contribution in [-0.2, 0) is 16.0 Å². The highest BCUT2D eigenvalue weighted by Crippen LogP contribution is 2.27. The second-order valence-corrected chi connectivity index (χ2v) is 11.6. The summed E-state index contributed by atoms with van der Waals surface area (Å²) in [4.78, 5) is 45.7. The minimum absolute atomic E-state index is 0.0456. The molecule has 224 valence electrons. The quantitative estimate of drug-likeness (QED) is 0.490. The Balaban J connectivity index is 1.83. The number of hydrogen-bond donors (Lipinski definition) is 0. The summed E-state index contributed by atoms with van der Waals surface area (Å²) < 4.78 is 11.5. The summed E-state index contributed by atoms with van der Waals surface area (Å²) >= 11 is 6.26. The fourth-order valence-electron chi connectivity index (χ4n) is 5.27. The normalized spacial score (nSPS) is 18.1. The molecule has 3 amide bonds. The number of ether oxygens (including phenoxy) is 2. The van der Waals surface area contributed by atoms with Gasteiger partial charge in [-0.3, -0.25) is 14.4 Å². The van der Waals surface area contributed by atoms with Crippen LogP contribution in [0.4, 0.5) is 0 Å². The van der Waals surface area contributed by atoms with Crippen molar-refractivity contribution in [2.24, 2.45) is 5.92 Å². The van der Waals surface area contributed by atoms with E-state index in [0.717, 1.165) is 30.4 Å². The Labute approximate surface area is 249 Å². The second-order valence-electron chi connectivity index (χ2n) is 11.1. The molecule has 0 radical (unpaired) electrons. The monoisotopic (exact) mass is 585 g/mol. The van der Waals surface area contributed by atoms with Crippen molar-refractivity contribution in [2.75, 3.05) is 47.4 Å². The van der Waals surface area contributed by atoms with Gasteiger partial charge in [-0.25, -0.2) is 0 Å². The number of fused-ring (bicyclic) bond motifs is 1. The van der Waals surface area contributed by atoms with E-state index < -0.39 is 6.04 Å². The van der Waals surface area contributed by atoms with Gasteiger partial charge in [-0.15, -0.1) is 0 Å². The molecule has 1 heterocycles. The molecular weight excluding hydrogens is 542 g/mol. The molecular formula is C32H44ClN3O5. The molecule has 2 aromatic rings. The molecule has 1 aliphatic rings. The molecule has 41 heavy (non-hydrogen) atoms. The van der Waals surface area contributed by atoms with E-state index in [1.807, 2.05) is 43.9 Å². The van der Waals surface area contributed by atoms with Crippen molar-refractivity contribution in [1.82, 2.24) is 14.7 Å². The summed E-state index contributed by atoms with van der Waals surface area (Å²) in [5.41, 5.74) is 2.28. The Kier molecular flexibility index (Phi) is 11.9. The Morgan fingerprint density at radius 1 is 1.02 bits per heavy atom. The van der Waals surface area contributed by atoms with Crippen molar-refractivity contribution in [1.29, 1.82) is 0 Å². The molecule has 0 aromatic heterocycles. The number of rotatable bonds is 4. The predicted molar refractivity (Wildman–Crippen MR) is 162 cm³/mol. The van der Waals surface area contributed by atoms with Crippen LogP contribution in [0.2, 0.25) is 5.02 Å². The lowest BCUT2D eigenvalue weighted by atomic mass is 10.00. The van der Waals surface area contributed by atoms with Crippen LogP contribution in [0.25, 0.3) is 0 Å². The van der Waals surface area contributed by atoms with E-state index in [1.165, 1.54) is 4.90 Å². The summed E-state index contributed by atoms with van der Waals surface area (Å²) in [6.45, 7) is 7.98. The highest BCUT2D eigenvalue weighted by atomic mass is 35.5. The molecule has 0 spiro atoms. The maximum atomic E-state index is 13.6. The van der Waals surface area contributed by atoms with Crippen molar-refractivity contribution in [3.8, 4) is 11.5 Å². The lowest BCUT2D eigenvalue weighted by molar-refractivity contribution is -0.136. The largest absolute Gasteiger partial charge is 0.496 e. The number of likely N-dealkylation sites (N-methyl/N-ethyl adjacent to an activating group) is 2. The summed E-state index contributed by atoms with van der Waals surface area (Å²) in [5.74, 6) is 0.652. The summed E-state index contributed by atoms with van der Waals surface area (Å²) in [6, 6.07) is 10.2. The van der Waals surface area contributed by atoms with Gasteiger partial charge in [0.2, 0.25) is 11.8 Å². The first kappa shape index (κ1) is 32.3. The third kappa shape index (κ3) is 8.62. The van der Waals surface area contributed by atoms with Crippen molar-refractivity contribution in [3.63, 3.8) is 0 Å². The Hall–Kier alpha value is -3.26. The first-order valence-corrected chi connectivity index (χ1v) is 14.8. The minimum Gasteiger partial charge on any atom is -0.496 e. The zero-order valence-electron chi connectivity index (χ0n) is 25.2. The van der Waals surface area contributed by atoms with Crippen LogP contribution >= 0.6 is 11.6 Å². The molecule has 0 fully saturated rings. The molecule has 1 atom stereocenters. The van der Waals surface area contributed by atoms with E-state index >= 15 is 0 Å². The standard InChI is InChI=1S/C32H44ClN3O5/c1-22(2)30-32(39)34(4)15-7-8-16-36(29(37)20-24-19-23(3)11-13-27(24)40-6)17-9-10-18-41-28-14-12-25(33)21-26(28)31(38)35(30)5/h11-14,19,21-22,30H,7-10,15-18,20H2,1-6H3/t30-/m0/s1. The number of methoxy groups -OCH3 is 1. The fourth-order valence-corrected chi connectivity index (χ4v) is 5.44. The van der Waals surface area contributed by atoms with E-state index in [4.69, 9.17) is 21.1 Å². The molecule has 0 aliphatic carbocycles. The van der Waals surface area contributed by atoms with E-state index in [2.05, 4.69) is 0 Å². The van der Waals surface area contributed by atoms with E-state index in [9.17, 15) is 14.4 Å². The maximum Gasteiger partial charge on any atom is 0.258 e. The molecule has 3 rings (SSSR count). The van der Waals surface area contributed by atoms with Crippen LogP contribution < -0.4 is 9.47 Å². The SMILES string of the molecule is COc1ccc(C)cc1CC(=O)N1CCCCOc2ccc(Cl)cc2C(=O)N(C)[C@@H](C(C)C)C(=O)N(C)CCCC1. The first-order valence-electron chi connectivity index (χ1n) is 14.4. The molecule has 9 heteroatoms. The Morgan fingerprint density at radius 3 is 2.39 bits per heavy atom. The number of benzene rings is 2. The average Bonchev–Trinajstić information content (AvgIpc) is 2.93. The first-order chi connectivity index (χ1) is 19.5. The lowest BCUT2D eigenvalue weighted by Crippen LogP contribution is -2.51. The molecule has 2 aromatic carbocycles. The summed E-state index contributed by atoms with van der Waals surface area (Å²) in [6.07, 6.45) is 3.22. The van der Waals surface area contributed by atoms with Crippen molar-refractivity contribution in [2.45, 2.75) is 58.9 Å². The smallest absolute Gasteiger partial charge is 0.258 e. The summed E-state index contributed by atoms with van der Waals surface area (Å²) in [7, 11) is 5.04. The molecule has 0 unspecified atom stereocenters. The van der Waals surface area contributed by atoms with Crippen LogP contribution in [-0.4, -0.2) is 85.9 Å². The van der Waals surface area contributed by atoms with Crippen LogP contribution in [0.3, 0.4) is 0 Å². The van der Waals surface area contributed by atoms with Crippen molar-refractivity contribution >= 4 is 29.3 Å². The number of carbonyl (C=O) groups excluding carboxylic acids is 3. The van der Waals surface area contributed by atoms with Crippen LogP contribution in [0, 0.1) is 12.8 Å². The highest BCUT2D eigenvalue weighted by Gasteiger charge is 2.33. The number of hydrogen-bond acceptors (Lipinski definition) is 5. The van der Waals surface area contributed by atoms with Crippen molar-refractivity contribution < 1.29 is 23.9 Å². The number of halogens is 1. The number of nitrogens with zero attached hydrogens (tertiary/aromatic N) is 3. The average molecular weight is 586 g/mol. The van der Waals surface area contributed by atoms with Gasteiger partial charge in [0.1, 0.15) is 17.5 Å². The lowest BCUT2D eigenvalue weighted by Gasteiger charge is -2.33. The number of carbonyl (C=O) groups is 3. The molecule has 0 N–H and O–H groups in total. The topological polar surface area (TPSA) is 79.4 Å². The molecule has 1 aliphatic heterocycles. The van der Waals surface area contributed by atoms with Gasteiger partial charge in [0.05, 0.1) is 25.7 Å². The zero-order valence-corrected chi connectivity index (χ0v) is 26.0. The molecule has 0 saturated heterocycles. The van der Waals surface area contributed by atoms with Crippen molar-refractivity contribution in [3.05, 3.63) is 58.1 Å². The highest BCUT2D eigenvalue weighted by molar-refractivity contribution is 6.31. The van der Waals surface area contributed by atoms with E-state index in [-0.39, 0.29) is 30.1 Å². The van der Waals surface area contributed by atoms with Crippen LogP contribution in [0.5, 0.6) is 11.5 Å². The fraction of sp³-hybridized carbons (Fsp3) is 0.531. The zero-order chi connectivity index (χ0) is 30.1. The molecule has 0 bridgehead atoms. The molecule has 0 saturated carbocycles. The van der Waals surface area contributed by atoms with Gasteiger partial charge in [0, 0.05) is 44.3 Å². The summed E-state index contributed by atoms with van der Waals surface area (Å²) in [5, 5.41) is 0.420. The van der Waals surface area contributed by atoms with E-state index in [1.54, 1.807) is 44.3 Å². The van der Waals surface area contributed by atoms with Gasteiger partial charge < -0.3 is 24.2 Å². The minimum atomic E-state index is -0.641. The maximum absolute atomic E-state index is 13.6. The van der Waals surface area contributed by atoms with Crippen LogP contribution in [0.1, 0.15) is 61.0 Å². The Bertz CT molecular complexity index is 1220. The Morgan fingerprint density at radius 2 is 1.71 bits per heavy atom. The van der Waals surface area contributed by atoms with E-state index in [0.29, 0.717) is 54.7 Å². The van der Waals surface area contributed by atoms with Gasteiger partial charge in [-0.2, -0.15) is 0 Å². The van der Waals surface area contributed by atoms with Gasteiger partial charge in [-0.1, -0.05) is 43.1 Å². The van der Waals surface area contributed by atoms with Gasteiger partial charge >= 0.3 is 0 Å². The third-order valence-corrected chi connectivity index (χ3v) is 7.79. The number of aryl methyl sites for hydroxylation is 1. The van der Waals surface area contributed by atoms with Gasteiger partial charge in [0.15, 0.2) is 0 Å². The second kappa shape index (κ2) is 15.1. The third-order valence-electron chi connectivity index (χ3n) is 7.55. The predicted octanol–water partition coefficient (Wildman–Crippen LogP) is 5.24. The van der Waals surface area contributed by atoms with Crippen LogP contribution in [0.15, 0.2) is 36.4 Å². The van der Waals surface area contributed by atoms with Gasteiger partial charge in [-0.05, 0) is 62.8 Å². The molecule has 8 nitrogen and oxygen atoms in total.